The molecule has 0 heterocycles. The summed E-state index contributed by atoms with van der Waals surface area (Å²) in [6.45, 7) is 2.13. The molecule has 2 N–H and O–H groups in total. The van der Waals surface area contributed by atoms with E-state index in [-0.39, 0.29) is 12.4 Å². The lowest BCUT2D eigenvalue weighted by molar-refractivity contribution is -0.143. The third kappa shape index (κ3) is 4.02. The molecule has 4 nitrogen and oxygen atoms in total. The third-order valence-corrected chi connectivity index (χ3v) is 2.78. The van der Waals surface area contributed by atoms with Gasteiger partial charge in [-0.2, -0.15) is 0 Å². The summed E-state index contributed by atoms with van der Waals surface area (Å²) in [5.74, 6) is 0.362. The lowest BCUT2D eigenvalue weighted by Gasteiger charge is -2.15. The Kier molecular flexibility index (Phi) is 5.44. The number of carbonyl (C=O) groups excluding carboxylic acids is 1. The van der Waals surface area contributed by atoms with E-state index in [0.717, 1.165) is 10.0 Å². The summed E-state index contributed by atoms with van der Waals surface area (Å²) in [5, 5.41) is 0. The first-order valence-corrected chi connectivity index (χ1v) is 6.12. The Morgan fingerprint density at radius 1 is 1.53 bits per heavy atom. The molecule has 1 aromatic rings. The largest absolute Gasteiger partial charge is 0.496 e. The molecule has 0 bridgehead atoms. The molecule has 1 aromatic carbocycles. The van der Waals surface area contributed by atoms with Crippen LogP contribution < -0.4 is 10.5 Å². The third-order valence-electron chi connectivity index (χ3n) is 2.29. The number of nitrogens with two attached hydrogens (primary N) is 1. The summed E-state index contributed by atoms with van der Waals surface area (Å²) in [4.78, 5) is 11.3. The fourth-order valence-corrected chi connectivity index (χ4v) is 1.84. The topological polar surface area (TPSA) is 61.5 Å². The molecule has 0 saturated carbocycles. The minimum absolute atomic E-state index is 0.145. The fraction of sp³-hybridized carbons (Fsp3) is 0.417. The highest BCUT2D eigenvalue weighted by Crippen LogP contribution is 2.29. The van der Waals surface area contributed by atoms with Crippen LogP contribution in [0.4, 0.5) is 0 Å². The van der Waals surface area contributed by atoms with Gasteiger partial charge in [0.1, 0.15) is 5.75 Å². The van der Waals surface area contributed by atoms with Gasteiger partial charge >= 0.3 is 5.97 Å². The molecule has 0 aliphatic heterocycles. The normalized spacial score (nSPS) is 12.0. The van der Waals surface area contributed by atoms with Gasteiger partial charge in [-0.15, -0.1) is 0 Å². The number of hydrogen-bond donors (Lipinski definition) is 1. The predicted octanol–water partition coefficient (Wildman–Crippen LogP) is 2.41. The van der Waals surface area contributed by atoms with Crippen molar-refractivity contribution in [1.82, 2.24) is 0 Å². The Morgan fingerprint density at radius 2 is 2.24 bits per heavy atom. The summed E-state index contributed by atoms with van der Waals surface area (Å²) in [6.07, 6.45) is 0.145. The average molecular weight is 302 g/mol. The molecule has 94 valence electrons. The molecule has 0 aliphatic rings. The Morgan fingerprint density at radius 3 is 2.82 bits per heavy atom. The second-order valence-electron chi connectivity index (χ2n) is 3.50. The zero-order valence-corrected chi connectivity index (χ0v) is 11.5. The molecule has 0 fully saturated rings. The van der Waals surface area contributed by atoms with Gasteiger partial charge in [-0.05, 0) is 19.1 Å². The van der Waals surface area contributed by atoms with E-state index in [2.05, 4.69) is 15.9 Å². The zero-order valence-electron chi connectivity index (χ0n) is 9.90. The zero-order chi connectivity index (χ0) is 12.8. The number of halogens is 1. The van der Waals surface area contributed by atoms with E-state index < -0.39 is 6.04 Å². The summed E-state index contributed by atoms with van der Waals surface area (Å²) in [7, 11) is 1.57. The second kappa shape index (κ2) is 6.61. The van der Waals surface area contributed by atoms with Crippen molar-refractivity contribution in [3.05, 3.63) is 28.2 Å². The first-order valence-electron chi connectivity index (χ1n) is 5.33. The first kappa shape index (κ1) is 14.0. The standard InChI is InChI=1S/C12H16BrNO3/c1-3-17-12(15)7-10(14)9-5-4-8(13)6-11(9)16-2/h4-6,10H,3,7,14H2,1-2H3/t10-/m0/s1. The molecule has 17 heavy (non-hydrogen) atoms. The first-order chi connectivity index (χ1) is 8.08. The maximum Gasteiger partial charge on any atom is 0.307 e. The van der Waals surface area contributed by atoms with Gasteiger partial charge in [0.15, 0.2) is 0 Å². The predicted molar refractivity (Wildman–Crippen MR) is 68.9 cm³/mol. The summed E-state index contributed by atoms with van der Waals surface area (Å²) in [6, 6.07) is 5.10. The Labute approximate surface area is 109 Å². The summed E-state index contributed by atoms with van der Waals surface area (Å²) >= 11 is 3.35. The van der Waals surface area contributed by atoms with Gasteiger partial charge in [0.25, 0.3) is 0 Å². The van der Waals surface area contributed by atoms with Crippen molar-refractivity contribution in [1.29, 1.82) is 0 Å². The molecular formula is C12H16BrNO3. The van der Waals surface area contributed by atoms with Crippen molar-refractivity contribution in [2.75, 3.05) is 13.7 Å². The van der Waals surface area contributed by atoms with Gasteiger partial charge < -0.3 is 15.2 Å². The van der Waals surface area contributed by atoms with E-state index in [1.807, 2.05) is 18.2 Å². The van der Waals surface area contributed by atoms with E-state index in [9.17, 15) is 4.79 Å². The number of ether oxygens (including phenoxy) is 2. The summed E-state index contributed by atoms with van der Waals surface area (Å²) < 4.78 is 11.0. The van der Waals surface area contributed by atoms with Crippen LogP contribution in [0.2, 0.25) is 0 Å². The lowest BCUT2D eigenvalue weighted by Crippen LogP contribution is -2.17. The quantitative estimate of drug-likeness (QED) is 0.849. The van der Waals surface area contributed by atoms with Crippen molar-refractivity contribution in [2.24, 2.45) is 5.73 Å². The van der Waals surface area contributed by atoms with E-state index in [1.54, 1.807) is 14.0 Å². The highest BCUT2D eigenvalue weighted by atomic mass is 79.9. The molecule has 0 spiro atoms. The van der Waals surface area contributed by atoms with Gasteiger partial charge in [-0.3, -0.25) is 4.79 Å². The van der Waals surface area contributed by atoms with E-state index in [0.29, 0.717) is 12.4 Å². The number of rotatable bonds is 5. The van der Waals surface area contributed by atoms with Crippen LogP contribution >= 0.6 is 15.9 Å². The number of esters is 1. The fourth-order valence-electron chi connectivity index (χ4n) is 1.50. The lowest BCUT2D eigenvalue weighted by atomic mass is 10.0. The molecular weight excluding hydrogens is 286 g/mol. The highest BCUT2D eigenvalue weighted by Gasteiger charge is 2.16. The monoisotopic (exact) mass is 301 g/mol. The summed E-state index contributed by atoms with van der Waals surface area (Å²) in [5.41, 5.74) is 6.75. The molecule has 1 rings (SSSR count). The van der Waals surface area contributed by atoms with Crippen molar-refractivity contribution in [2.45, 2.75) is 19.4 Å². The molecule has 0 aliphatic carbocycles. The Bertz CT molecular complexity index is 395. The molecule has 0 radical (unpaired) electrons. The van der Waals surface area contributed by atoms with Crippen LogP contribution in [0.1, 0.15) is 24.9 Å². The van der Waals surface area contributed by atoms with Crippen LogP contribution in [0.5, 0.6) is 5.75 Å². The molecule has 0 unspecified atom stereocenters. The van der Waals surface area contributed by atoms with Crippen molar-refractivity contribution in [3.63, 3.8) is 0 Å². The van der Waals surface area contributed by atoms with Crippen molar-refractivity contribution < 1.29 is 14.3 Å². The SMILES string of the molecule is CCOC(=O)C[C@H](N)c1ccc(Br)cc1OC. The number of carbonyl (C=O) groups is 1. The number of benzene rings is 1. The van der Waals surface area contributed by atoms with Gasteiger partial charge in [-0.1, -0.05) is 22.0 Å². The Balaban J connectivity index is 2.81. The Hall–Kier alpha value is -1.07. The van der Waals surface area contributed by atoms with Gasteiger partial charge in [0.05, 0.1) is 20.1 Å². The molecule has 5 heteroatoms. The van der Waals surface area contributed by atoms with Crippen molar-refractivity contribution in [3.8, 4) is 5.75 Å². The molecule has 0 saturated heterocycles. The van der Waals surface area contributed by atoms with Gasteiger partial charge in [0.2, 0.25) is 0 Å². The highest BCUT2D eigenvalue weighted by molar-refractivity contribution is 9.10. The van der Waals surface area contributed by atoms with Gasteiger partial charge in [0, 0.05) is 16.1 Å². The molecule has 0 aromatic heterocycles. The molecule has 0 amide bonds. The minimum atomic E-state index is -0.419. The maximum atomic E-state index is 11.3. The minimum Gasteiger partial charge on any atom is -0.496 e. The van der Waals surface area contributed by atoms with Crippen LogP contribution in [0.25, 0.3) is 0 Å². The van der Waals surface area contributed by atoms with Crippen molar-refractivity contribution >= 4 is 21.9 Å². The van der Waals surface area contributed by atoms with Crippen LogP contribution in [0.3, 0.4) is 0 Å². The van der Waals surface area contributed by atoms with Crippen LogP contribution in [-0.2, 0) is 9.53 Å². The van der Waals surface area contributed by atoms with E-state index >= 15 is 0 Å². The average Bonchev–Trinajstić information content (AvgIpc) is 2.28. The van der Waals surface area contributed by atoms with Crippen LogP contribution in [0, 0.1) is 0 Å². The van der Waals surface area contributed by atoms with E-state index in [1.165, 1.54) is 0 Å². The van der Waals surface area contributed by atoms with Gasteiger partial charge in [-0.25, -0.2) is 0 Å². The van der Waals surface area contributed by atoms with E-state index in [4.69, 9.17) is 15.2 Å². The van der Waals surface area contributed by atoms with Crippen LogP contribution in [-0.4, -0.2) is 19.7 Å². The smallest absolute Gasteiger partial charge is 0.307 e. The number of hydrogen-bond acceptors (Lipinski definition) is 4. The second-order valence-corrected chi connectivity index (χ2v) is 4.42. The molecule has 1 atom stereocenters. The van der Waals surface area contributed by atoms with Crippen LogP contribution in [0.15, 0.2) is 22.7 Å². The maximum absolute atomic E-state index is 11.3. The number of methoxy groups -OCH3 is 1.